The van der Waals surface area contributed by atoms with E-state index >= 15 is 0 Å². The number of rotatable bonds is 17. The number of hydrogen-bond acceptors (Lipinski definition) is 11. The number of unbranched alkanes of at least 4 members (excludes halogenated alkanes) is 1. The summed E-state index contributed by atoms with van der Waals surface area (Å²) in [6, 6.07) is 18.4. The molecule has 1 aromatic heterocycles. The number of nitrogens with two attached hydrogens (primary N) is 1. The maximum Gasteiger partial charge on any atom is 0.261 e. The average Bonchev–Trinajstić information content (AvgIpc) is 3.50. The SMILES string of the molecule is COc1cc(C(=O)N(C(C)C)C(C)C)ccc1OCCCCOc1ccc2c(NC(=O)[C@H](C)NC(=O)[C@@H](N)Cc3ccccc3)noc2c1.CS(=O)(=O)O. The third kappa shape index (κ3) is 13.7. The van der Waals surface area contributed by atoms with E-state index in [1.165, 1.54) is 0 Å². The summed E-state index contributed by atoms with van der Waals surface area (Å²) >= 11 is 0. The predicted molar refractivity (Wildman–Crippen MR) is 205 cm³/mol. The molecule has 0 aliphatic rings. The van der Waals surface area contributed by atoms with Gasteiger partial charge in [-0.15, -0.1) is 0 Å². The summed E-state index contributed by atoms with van der Waals surface area (Å²) in [7, 11) is -2.11. The van der Waals surface area contributed by atoms with Crippen molar-refractivity contribution < 1.29 is 46.1 Å². The van der Waals surface area contributed by atoms with Crippen LogP contribution in [0.5, 0.6) is 17.2 Å². The molecule has 15 nitrogen and oxygen atoms in total. The molecular formula is C38H51N5O10S. The zero-order chi connectivity index (χ0) is 40.0. The standard InChI is InChI=1S/C37H47N5O7.CH4O3S/c1-23(2)42(24(3)4)37(45)27-14-17-31(33(21-27)46-6)48-19-11-10-18-47-28-15-16-29-32(22-28)49-41-34(29)40-35(43)25(5)39-36(44)30(38)20-26-12-8-7-9-13-26;1-5(2,3)4/h7-9,12-17,21-25,30H,10-11,18-20,38H2,1-6H3,(H,39,44)(H,40,41,43);1H3,(H,2,3,4)/t25-,30-;/m0./s1. The molecule has 16 heteroatoms. The number of nitrogens with zero attached hydrogens (tertiary/aromatic N) is 2. The second-order valence-electron chi connectivity index (χ2n) is 13.1. The van der Waals surface area contributed by atoms with Gasteiger partial charge in [0.15, 0.2) is 22.9 Å². The number of anilines is 1. The number of ether oxygens (including phenoxy) is 3. The van der Waals surface area contributed by atoms with Crippen molar-refractivity contribution in [1.82, 2.24) is 15.4 Å². The Bertz CT molecular complexity index is 1930. The number of methoxy groups -OCH3 is 1. The largest absolute Gasteiger partial charge is 0.493 e. The molecule has 3 amide bonds. The van der Waals surface area contributed by atoms with E-state index in [0.717, 1.165) is 18.4 Å². The van der Waals surface area contributed by atoms with Gasteiger partial charge in [-0.3, -0.25) is 18.9 Å². The lowest BCUT2D eigenvalue weighted by atomic mass is 10.1. The Hall–Kier alpha value is -5.19. The Morgan fingerprint density at radius 3 is 2.13 bits per heavy atom. The monoisotopic (exact) mass is 769 g/mol. The number of hydrogen-bond donors (Lipinski definition) is 4. The van der Waals surface area contributed by atoms with Crippen LogP contribution in [0.1, 0.15) is 63.4 Å². The molecule has 4 aromatic rings. The molecule has 0 radical (unpaired) electrons. The van der Waals surface area contributed by atoms with E-state index in [9.17, 15) is 22.8 Å². The highest BCUT2D eigenvalue weighted by Crippen LogP contribution is 2.30. The number of benzene rings is 3. The van der Waals surface area contributed by atoms with Gasteiger partial charge < -0.3 is 40.0 Å². The van der Waals surface area contributed by atoms with Crippen LogP contribution in [0.25, 0.3) is 11.0 Å². The second kappa shape index (κ2) is 20.3. The van der Waals surface area contributed by atoms with Gasteiger partial charge in [-0.2, -0.15) is 8.42 Å². The molecule has 5 N–H and O–H groups in total. The van der Waals surface area contributed by atoms with Crippen LogP contribution in [0.4, 0.5) is 5.82 Å². The lowest BCUT2D eigenvalue weighted by molar-refractivity contribution is -0.127. The first-order valence-corrected chi connectivity index (χ1v) is 19.3. The lowest BCUT2D eigenvalue weighted by Crippen LogP contribution is -2.49. The number of nitrogens with one attached hydrogen (secondary N) is 2. The summed E-state index contributed by atoms with van der Waals surface area (Å²) < 4.78 is 48.6. The molecule has 0 unspecified atom stereocenters. The van der Waals surface area contributed by atoms with Crippen molar-refractivity contribution in [3.63, 3.8) is 0 Å². The van der Waals surface area contributed by atoms with E-state index in [1.807, 2.05) is 62.9 Å². The molecule has 3 aromatic carbocycles. The molecule has 0 spiro atoms. The molecule has 1 heterocycles. The number of carbonyl (C=O) groups is 3. The Morgan fingerprint density at radius 2 is 1.52 bits per heavy atom. The first-order valence-electron chi connectivity index (χ1n) is 17.5. The molecule has 0 saturated heterocycles. The van der Waals surface area contributed by atoms with Crippen molar-refractivity contribution in [2.24, 2.45) is 5.73 Å². The Morgan fingerprint density at radius 1 is 0.889 bits per heavy atom. The van der Waals surface area contributed by atoms with Crippen molar-refractivity contribution in [1.29, 1.82) is 0 Å². The molecule has 0 aliphatic carbocycles. The molecule has 0 aliphatic heterocycles. The van der Waals surface area contributed by atoms with Crippen LogP contribution in [0.2, 0.25) is 0 Å². The van der Waals surface area contributed by atoms with Crippen molar-refractivity contribution >= 4 is 44.6 Å². The van der Waals surface area contributed by atoms with Gasteiger partial charge in [0, 0.05) is 23.7 Å². The summed E-state index contributed by atoms with van der Waals surface area (Å²) in [4.78, 5) is 40.2. The van der Waals surface area contributed by atoms with Crippen LogP contribution >= 0.6 is 0 Å². The van der Waals surface area contributed by atoms with E-state index in [0.29, 0.717) is 59.7 Å². The van der Waals surface area contributed by atoms with Crippen LogP contribution in [0.3, 0.4) is 0 Å². The van der Waals surface area contributed by atoms with Gasteiger partial charge in [-0.25, -0.2) is 0 Å². The first-order chi connectivity index (χ1) is 25.5. The number of aromatic nitrogens is 1. The number of fused-ring (bicyclic) bond motifs is 1. The molecular weight excluding hydrogens is 719 g/mol. The minimum absolute atomic E-state index is 0.0487. The van der Waals surface area contributed by atoms with Crippen LogP contribution in [0, 0.1) is 0 Å². The van der Waals surface area contributed by atoms with Gasteiger partial charge in [0.1, 0.15) is 11.8 Å². The predicted octanol–water partition coefficient (Wildman–Crippen LogP) is 4.85. The van der Waals surface area contributed by atoms with Crippen molar-refractivity contribution in [2.45, 2.75) is 78.0 Å². The second-order valence-corrected chi connectivity index (χ2v) is 14.6. The third-order valence-corrected chi connectivity index (χ3v) is 7.90. The van der Waals surface area contributed by atoms with E-state index in [-0.39, 0.29) is 23.8 Å². The minimum Gasteiger partial charge on any atom is -0.493 e. The quantitative estimate of drug-likeness (QED) is 0.0839. The minimum atomic E-state index is -3.67. The summed E-state index contributed by atoms with van der Waals surface area (Å²) in [5, 5.41) is 9.94. The van der Waals surface area contributed by atoms with Gasteiger partial charge in [-0.1, -0.05) is 35.5 Å². The summed E-state index contributed by atoms with van der Waals surface area (Å²) in [6.45, 7) is 10.5. The molecule has 54 heavy (non-hydrogen) atoms. The maximum absolute atomic E-state index is 13.1. The fraction of sp³-hybridized carbons (Fsp3) is 0.421. The van der Waals surface area contributed by atoms with Crippen LogP contribution < -0.4 is 30.6 Å². The fourth-order valence-electron chi connectivity index (χ4n) is 5.38. The van der Waals surface area contributed by atoms with Crippen LogP contribution in [0.15, 0.2) is 71.3 Å². The molecule has 294 valence electrons. The van der Waals surface area contributed by atoms with Gasteiger partial charge in [-0.05, 0) is 89.8 Å². The first kappa shape index (κ1) is 43.2. The summed E-state index contributed by atoms with van der Waals surface area (Å²) in [5.74, 6) is 0.983. The van der Waals surface area contributed by atoms with E-state index in [2.05, 4.69) is 15.8 Å². The number of carbonyl (C=O) groups excluding carboxylic acids is 3. The Kier molecular flexibility index (Phi) is 16.3. The van der Waals surface area contributed by atoms with Crippen molar-refractivity contribution in [3.8, 4) is 17.2 Å². The van der Waals surface area contributed by atoms with Crippen molar-refractivity contribution in [2.75, 3.05) is 31.9 Å². The highest BCUT2D eigenvalue weighted by atomic mass is 32.2. The number of amides is 3. The third-order valence-electron chi connectivity index (χ3n) is 7.90. The topological polar surface area (TPSA) is 213 Å². The van der Waals surface area contributed by atoms with Crippen LogP contribution in [-0.4, -0.2) is 91.5 Å². The van der Waals surface area contributed by atoms with E-state index in [4.69, 9.17) is 29.0 Å². The highest BCUT2D eigenvalue weighted by molar-refractivity contribution is 7.85. The van der Waals surface area contributed by atoms with E-state index in [1.54, 1.807) is 50.4 Å². The Balaban J connectivity index is 0.00000147. The van der Waals surface area contributed by atoms with Crippen molar-refractivity contribution in [3.05, 3.63) is 77.9 Å². The summed E-state index contributed by atoms with van der Waals surface area (Å²) in [6.07, 6.45) is 2.53. The van der Waals surface area contributed by atoms with Gasteiger partial charge in [0.2, 0.25) is 11.8 Å². The highest BCUT2D eigenvalue weighted by Gasteiger charge is 2.24. The molecule has 2 atom stereocenters. The van der Waals surface area contributed by atoms with Gasteiger partial charge in [0.25, 0.3) is 16.0 Å². The van der Waals surface area contributed by atoms with Gasteiger partial charge in [0.05, 0.1) is 38.0 Å². The molecule has 0 fully saturated rings. The fourth-order valence-corrected chi connectivity index (χ4v) is 5.38. The molecule has 0 saturated carbocycles. The molecule has 4 rings (SSSR count). The zero-order valence-electron chi connectivity index (χ0n) is 31.7. The van der Waals surface area contributed by atoms with Gasteiger partial charge >= 0.3 is 0 Å². The Labute approximate surface area is 316 Å². The van der Waals surface area contributed by atoms with E-state index < -0.39 is 34.0 Å². The average molecular weight is 770 g/mol. The summed E-state index contributed by atoms with van der Waals surface area (Å²) in [5.41, 5.74) is 7.97. The zero-order valence-corrected chi connectivity index (χ0v) is 32.5. The van der Waals surface area contributed by atoms with Crippen LogP contribution in [-0.2, 0) is 26.1 Å². The normalized spacial score (nSPS) is 12.4. The maximum atomic E-state index is 13.1. The lowest BCUT2D eigenvalue weighted by Gasteiger charge is -2.31. The molecule has 0 bridgehead atoms. The smallest absolute Gasteiger partial charge is 0.261 e.